The molecule has 0 spiro atoms. The van der Waals surface area contributed by atoms with Gasteiger partial charge in [-0.15, -0.1) is 0 Å². The van der Waals surface area contributed by atoms with Crippen LogP contribution in [-0.2, 0) is 0 Å². The van der Waals surface area contributed by atoms with Gasteiger partial charge >= 0.3 is 6.03 Å². The molecular formula is C17H26N4O2. The van der Waals surface area contributed by atoms with Gasteiger partial charge in [0.25, 0.3) is 0 Å². The Kier molecular flexibility index (Phi) is 5.31. The van der Waals surface area contributed by atoms with Crippen LogP contribution in [-0.4, -0.2) is 46.1 Å². The maximum atomic E-state index is 12.5. The normalized spacial score (nSPS) is 22.7. The Labute approximate surface area is 137 Å². The highest BCUT2D eigenvalue weighted by Gasteiger charge is 2.27. The Balaban J connectivity index is 1.52. The first-order valence-electron chi connectivity index (χ1n) is 8.72. The third kappa shape index (κ3) is 4.56. The largest absolute Gasteiger partial charge is 0.472 e. The maximum absolute atomic E-state index is 12.5. The second-order valence-electron chi connectivity index (χ2n) is 6.55. The highest BCUT2D eigenvalue weighted by atomic mass is 16.5. The van der Waals surface area contributed by atoms with E-state index >= 15 is 0 Å². The number of ether oxygens (including phenoxy) is 1. The van der Waals surface area contributed by atoms with Gasteiger partial charge < -0.3 is 15.0 Å². The van der Waals surface area contributed by atoms with Crippen LogP contribution in [0.1, 0.15) is 50.8 Å². The van der Waals surface area contributed by atoms with Crippen molar-refractivity contribution in [2.75, 3.05) is 13.1 Å². The van der Waals surface area contributed by atoms with Crippen molar-refractivity contribution in [3.63, 3.8) is 0 Å². The molecule has 1 atom stereocenters. The lowest BCUT2D eigenvalue weighted by atomic mass is 9.96. The van der Waals surface area contributed by atoms with Crippen LogP contribution in [0.4, 0.5) is 4.79 Å². The van der Waals surface area contributed by atoms with Gasteiger partial charge in [-0.25, -0.2) is 9.78 Å². The summed E-state index contributed by atoms with van der Waals surface area (Å²) in [5.41, 5.74) is 0. The summed E-state index contributed by atoms with van der Waals surface area (Å²) in [4.78, 5) is 22.7. The number of hydrogen-bond acceptors (Lipinski definition) is 4. The number of aromatic nitrogens is 2. The van der Waals surface area contributed by atoms with E-state index in [1.807, 2.05) is 11.8 Å². The van der Waals surface area contributed by atoms with E-state index in [9.17, 15) is 4.79 Å². The zero-order chi connectivity index (χ0) is 16.1. The first-order valence-corrected chi connectivity index (χ1v) is 8.72. The van der Waals surface area contributed by atoms with E-state index < -0.39 is 0 Å². The van der Waals surface area contributed by atoms with E-state index in [4.69, 9.17) is 4.74 Å². The minimum Gasteiger partial charge on any atom is -0.472 e. The number of hydrogen-bond donors (Lipinski definition) is 1. The summed E-state index contributed by atoms with van der Waals surface area (Å²) < 4.78 is 5.93. The molecule has 6 nitrogen and oxygen atoms in total. The summed E-state index contributed by atoms with van der Waals surface area (Å²) in [7, 11) is 0. The SMILES string of the molecule is Cc1nccc(OC2CCCN(C(=O)NC3CCCCC3)C2)n1. The van der Waals surface area contributed by atoms with Gasteiger partial charge in [0.2, 0.25) is 5.88 Å². The Morgan fingerprint density at radius 3 is 2.87 bits per heavy atom. The van der Waals surface area contributed by atoms with E-state index in [1.54, 1.807) is 12.3 Å². The molecule has 1 aliphatic heterocycles. The topological polar surface area (TPSA) is 67.3 Å². The summed E-state index contributed by atoms with van der Waals surface area (Å²) in [5, 5.41) is 3.19. The minimum absolute atomic E-state index is 0.00940. The number of carbonyl (C=O) groups excluding carboxylic acids is 1. The first kappa shape index (κ1) is 16.0. The zero-order valence-corrected chi connectivity index (χ0v) is 13.8. The molecule has 1 saturated heterocycles. The number of piperidine rings is 1. The van der Waals surface area contributed by atoms with Crippen molar-refractivity contribution in [3.8, 4) is 5.88 Å². The molecule has 2 amide bonds. The molecule has 0 bridgehead atoms. The van der Waals surface area contributed by atoms with Crippen molar-refractivity contribution in [2.45, 2.75) is 64.0 Å². The number of aryl methyl sites for hydroxylation is 1. The van der Waals surface area contributed by atoms with E-state index in [0.717, 1.165) is 32.2 Å². The number of rotatable bonds is 3. The fraction of sp³-hybridized carbons (Fsp3) is 0.706. The van der Waals surface area contributed by atoms with Crippen LogP contribution in [0.5, 0.6) is 5.88 Å². The summed E-state index contributed by atoms with van der Waals surface area (Å²) in [5.74, 6) is 1.29. The molecule has 2 fully saturated rings. The van der Waals surface area contributed by atoms with E-state index in [2.05, 4.69) is 15.3 Å². The lowest BCUT2D eigenvalue weighted by Gasteiger charge is -2.34. The molecule has 1 saturated carbocycles. The Morgan fingerprint density at radius 1 is 1.26 bits per heavy atom. The monoisotopic (exact) mass is 318 g/mol. The molecule has 1 aromatic heterocycles. The third-order valence-electron chi connectivity index (χ3n) is 4.64. The summed E-state index contributed by atoms with van der Waals surface area (Å²) in [6.07, 6.45) is 9.60. The molecular weight excluding hydrogens is 292 g/mol. The van der Waals surface area contributed by atoms with Crippen LogP contribution < -0.4 is 10.1 Å². The standard InChI is InChI=1S/C17H26N4O2/c1-13-18-10-9-16(19-13)23-15-8-5-11-21(12-15)17(22)20-14-6-3-2-4-7-14/h9-10,14-15H,2-8,11-12H2,1H3,(H,20,22). The van der Waals surface area contributed by atoms with Crippen LogP contribution in [0, 0.1) is 6.92 Å². The summed E-state index contributed by atoms with van der Waals surface area (Å²) >= 11 is 0. The van der Waals surface area contributed by atoms with E-state index in [-0.39, 0.29) is 12.1 Å². The van der Waals surface area contributed by atoms with Crippen LogP contribution in [0.15, 0.2) is 12.3 Å². The highest BCUT2D eigenvalue weighted by Crippen LogP contribution is 2.19. The predicted molar refractivity (Wildman–Crippen MR) is 87.4 cm³/mol. The zero-order valence-electron chi connectivity index (χ0n) is 13.8. The lowest BCUT2D eigenvalue weighted by Crippen LogP contribution is -2.51. The van der Waals surface area contributed by atoms with Crippen molar-refractivity contribution in [3.05, 3.63) is 18.1 Å². The molecule has 6 heteroatoms. The van der Waals surface area contributed by atoms with E-state index in [1.165, 1.54) is 19.3 Å². The Hall–Kier alpha value is -1.85. The fourth-order valence-corrected chi connectivity index (χ4v) is 3.40. The predicted octanol–water partition coefficient (Wildman–Crippen LogP) is 2.67. The van der Waals surface area contributed by atoms with Crippen molar-refractivity contribution in [2.24, 2.45) is 0 Å². The Morgan fingerprint density at radius 2 is 2.09 bits per heavy atom. The quantitative estimate of drug-likeness (QED) is 0.930. The number of likely N-dealkylation sites (tertiary alicyclic amines) is 1. The molecule has 2 heterocycles. The number of carbonyl (C=O) groups is 1. The molecule has 1 unspecified atom stereocenters. The van der Waals surface area contributed by atoms with Crippen molar-refractivity contribution in [1.82, 2.24) is 20.2 Å². The molecule has 1 N–H and O–H groups in total. The van der Waals surface area contributed by atoms with E-state index in [0.29, 0.717) is 24.3 Å². The molecule has 0 aromatic carbocycles. The van der Waals surface area contributed by atoms with Crippen LogP contribution in [0.2, 0.25) is 0 Å². The van der Waals surface area contributed by atoms with Gasteiger partial charge in [0.15, 0.2) is 0 Å². The van der Waals surface area contributed by atoms with Gasteiger partial charge in [-0.1, -0.05) is 19.3 Å². The molecule has 23 heavy (non-hydrogen) atoms. The van der Waals surface area contributed by atoms with Crippen molar-refractivity contribution < 1.29 is 9.53 Å². The van der Waals surface area contributed by atoms with Gasteiger partial charge in [0.1, 0.15) is 11.9 Å². The third-order valence-corrected chi connectivity index (χ3v) is 4.64. The van der Waals surface area contributed by atoms with Crippen molar-refractivity contribution in [1.29, 1.82) is 0 Å². The number of urea groups is 1. The number of amides is 2. The second kappa shape index (κ2) is 7.62. The molecule has 2 aliphatic rings. The van der Waals surface area contributed by atoms with Crippen molar-refractivity contribution >= 4 is 6.03 Å². The summed E-state index contributed by atoms with van der Waals surface area (Å²) in [6.45, 7) is 3.28. The van der Waals surface area contributed by atoms with Gasteiger partial charge in [-0.2, -0.15) is 4.98 Å². The van der Waals surface area contributed by atoms with Crippen LogP contribution >= 0.6 is 0 Å². The average molecular weight is 318 g/mol. The first-order chi connectivity index (χ1) is 11.2. The van der Waals surface area contributed by atoms with Gasteiger partial charge in [-0.3, -0.25) is 0 Å². The lowest BCUT2D eigenvalue weighted by molar-refractivity contribution is 0.0957. The van der Waals surface area contributed by atoms with Crippen LogP contribution in [0.25, 0.3) is 0 Å². The Bertz CT molecular complexity index is 531. The fourth-order valence-electron chi connectivity index (χ4n) is 3.40. The smallest absolute Gasteiger partial charge is 0.317 e. The van der Waals surface area contributed by atoms with Crippen LogP contribution in [0.3, 0.4) is 0 Å². The molecule has 0 radical (unpaired) electrons. The number of nitrogens with one attached hydrogen (secondary N) is 1. The summed E-state index contributed by atoms with van der Waals surface area (Å²) in [6, 6.07) is 2.18. The highest BCUT2D eigenvalue weighted by molar-refractivity contribution is 5.74. The molecule has 1 aliphatic carbocycles. The maximum Gasteiger partial charge on any atom is 0.317 e. The molecule has 1 aromatic rings. The van der Waals surface area contributed by atoms with Gasteiger partial charge in [0, 0.05) is 24.8 Å². The minimum atomic E-state index is 0.00940. The molecule has 3 rings (SSSR count). The van der Waals surface area contributed by atoms with Gasteiger partial charge in [-0.05, 0) is 32.6 Å². The van der Waals surface area contributed by atoms with Gasteiger partial charge in [0.05, 0.1) is 6.54 Å². The second-order valence-corrected chi connectivity index (χ2v) is 6.55. The average Bonchev–Trinajstić information content (AvgIpc) is 2.56. The number of nitrogens with zero attached hydrogens (tertiary/aromatic N) is 3. The molecule has 126 valence electrons.